The van der Waals surface area contributed by atoms with Gasteiger partial charge in [0.1, 0.15) is 0 Å². The molecule has 1 aromatic carbocycles. The zero-order valence-electron chi connectivity index (χ0n) is 8.60. The summed E-state index contributed by atoms with van der Waals surface area (Å²) in [4.78, 5) is 0. The molecule has 0 bridgehead atoms. The lowest BCUT2D eigenvalue weighted by Crippen LogP contribution is -1.98. The Kier molecular flexibility index (Phi) is 3.80. The Morgan fingerprint density at radius 2 is 1.92 bits per heavy atom. The van der Waals surface area contributed by atoms with Crippen LogP contribution in [0.2, 0.25) is 0 Å². The lowest BCUT2D eigenvalue weighted by molar-refractivity contribution is 0.644. The van der Waals surface area contributed by atoms with Gasteiger partial charge in [-0.3, -0.25) is 0 Å². The average molecular weight is 197 g/mol. The van der Waals surface area contributed by atoms with Crippen molar-refractivity contribution in [2.24, 2.45) is 5.92 Å². The average Bonchev–Trinajstić information content (AvgIpc) is 2.03. The lowest BCUT2D eigenvalue weighted by Gasteiger charge is -2.10. The van der Waals surface area contributed by atoms with Gasteiger partial charge in [-0.25, -0.2) is 0 Å². The van der Waals surface area contributed by atoms with Crippen LogP contribution in [0.15, 0.2) is 18.2 Å². The molecule has 0 N–H and O–H groups in total. The van der Waals surface area contributed by atoms with E-state index in [0.29, 0.717) is 11.8 Å². The van der Waals surface area contributed by atoms with Gasteiger partial charge in [-0.05, 0) is 30.4 Å². The first-order valence-electron chi connectivity index (χ1n) is 4.78. The maximum atomic E-state index is 5.87. The van der Waals surface area contributed by atoms with Gasteiger partial charge in [-0.15, -0.1) is 11.6 Å². The number of hydrogen-bond donors (Lipinski definition) is 0. The van der Waals surface area contributed by atoms with Crippen LogP contribution in [0.5, 0.6) is 0 Å². The van der Waals surface area contributed by atoms with E-state index < -0.39 is 0 Å². The standard InChI is InChI=1S/C12H17Cl/c1-9(2)6-12-7-10(3)4-5-11(12)8-13/h4-5,7,9H,6,8H2,1-3H3. The van der Waals surface area contributed by atoms with Gasteiger partial charge in [0.25, 0.3) is 0 Å². The van der Waals surface area contributed by atoms with Crippen molar-refractivity contribution in [1.82, 2.24) is 0 Å². The molecule has 13 heavy (non-hydrogen) atoms. The lowest BCUT2D eigenvalue weighted by atomic mass is 9.97. The summed E-state index contributed by atoms with van der Waals surface area (Å²) in [5.74, 6) is 1.33. The summed E-state index contributed by atoms with van der Waals surface area (Å²) in [5.41, 5.74) is 4.01. The van der Waals surface area contributed by atoms with Crippen molar-refractivity contribution in [3.8, 4) is 0 Å². The molecule has 0 saturated heterocycles. The summed E-state index contributed by atoms with van der Waals surface area (Å²) in [6.07, 6.45) is 1.13. The smallest absolute Gasteiger partial charge is 0.0476 e. The molecule has 0 spiro atoms. The summed E-state index contributed by atoms with van der Waals surface area (Å²) in [7, 11) is 0. The molecule has 0 heterocycles. The van der Waals surface area contributed by atoms with Gasteiger partial charge in [0.05, 0.1) is 0 Å². The van der Waals surface area contributed by atoms with Crippen molar-refractivity contribution in [2.75, 3.05) is 0 Å². The molecule has 0 amide bonds. The van der Waals surface area contributed by atoms with Crippen LogP contribution in [0.4, 0.5) is 0 Å². The van der Waals surface area contributed by atoms with E-state index in [-0.39, 0.29) is 0 Å². The molecule has 1 heteroatoms. The van der Waals surface area contributed by atoms with Crippen molar-refractivity contribution >= 4 is 11.6 Å². The molecular formula is C12H17Cl. The monoisotopic (exact) mass is 196 g/mol. The number of benzene rings is 1. The summed E-state index contributed by atoms with van der Waals surface area (Å²) < 4.78 is 0. The van der Waals surface area contributed by atoms with Crippen molar-refractivity contribution < 1.29 is 0 Å². The molecular weight excluding hydrogens is 180 g/mol. The first kappa shape index (κ1) is 10.6. The Hall–Kier alpha value is -0.490. The fourth-order valence-corrected chi connectivity index (χ4v) is 1.78. The van der Waals surface area contributed by atoms with Crippen LogP contribution in [-0.4, -0.2) is 0 Å². The summed E-state index contributed by atoms with van der Waals surface area (Å²) >= 11 is 5.87. The highest BCUT2D eigenvalue weighted by atomic mass is 35.5. The first-order chi connectivity index (χ1) is 6.13. The Labute approximate surface area is 85.9 Å². The Morgan fingerprint density at radius 3 is 2.46 bits per heavy atom. The summed E-state index contributed by atoms with van der Waals surface area (Å²) in [6, 6.07) is 6.51. The van der Waals surface area contributed by atoms with Gasteiger partial charge in [0.15, 0.2) is 0 Å². The molecule has 0 unspecified atom stereocenters. The normalized spacial score (nSPS) is 10.8. The van der Waals surface area contributed by atoms with Gasteiger partial charge in [-0.2, -0.15) is 0 Å². The fourth-order valence-electron chi connectivity index (χ4n) is 1.51. The van der Waals surface area contributed by atoms with E-state index in [4.69, 9.17) is 11.6 Å². The minimum Gasteiger partial charge on any atom is -0.122 e. The van der Waals surface area contributed by atoms with E-state index in [1.165, 1.54) is 16.7 Å². The van der Waals surface area contributed by atoms with Crippen molar-refractivity contribution in [2.45, 2.75) is 33.1 Å². The molecule has 0 radical (unpaired) electrons. The molecule has 1 aromatic rings. The van der Waals surface area contributed by atoms with Crippen LogP contribution < -0.4 is 0 Å². The number of alkyl halides is 1. The van der Waals surface area contributed by atoms with E-state index in [2.05, 4.69) is 39.0 Å². The Morgan fingerprint density at radius 1 is 1.23 bits per heavy atom. The van der Waals surface area contributed by atoms with E-state index in [1.54, 1.807) is 0 Å². The molecule has 0 aliphatic rings. The van der Waals surface area contributed by atoms with Crippen molar-refractivity contribution in [3.05, 3.63) is 34.9 Å². The number of hydrogen-bond acceptors (Lipinski definition) is 0. The maximum absolute atomic E-state index is 5.87. The summed E-state index contributed by atoms with van der Waals surface area (Å²) in [6.45, 7) is 6.60. The van der Waals surface area contributed by atoms with Crippen LogP contribution in [0.1, 0.15) is 30.5 Å². The molecule has 0 aliphatic heterocycles. The number of aryl methyl sites for hydroxylation is 1. The second-order valence-electron chi connectivity index (χ2n) is 4.00. The predicted molar refractivity (Wildman–Crippen MR) is 59.3 cm³/mol. The minimum absolute atomic E-state index is 0.627. The van der Waals surface area contributed by atoms with E-state index >= 15 is 0 Å². The van der Waals surface area contributed by atoms with Crippen LogP contribution in [0.25, 0.3) is 0 Å². The quantitative estimate of drug-likeness (QED) is 0.643. The topological polar surface area (TPSA) is 0 Å². The molecule has 0 atom stereocenters. The third kappa shape index (κ3) is 3.04. The Bertz CT molecular complexity index is 276. The minimum atomic E-state index is 0.627. The van der Waals surface area contributed by atoms with Gasteiger partial charge in [0.2, 0.25) is 0 Å². The van der Waals surface area contributed by atoms with E-state index in [9.17, 15) is 0 Å². The fraction of sp³-hybridized carbons (Fsp3) is 0.500. The highest BCUT2D eigenvalue weighted by Crippen LogP contribution is 2.17. The second kappa shape index (κ2) is 4.66. The van der Waals surface area contributed by atoms with Crippen LogP contribution in [-0.2, 0) is 12.3 Å². The molecule has 1 rings (SSSR count). The first-order valence-corrected chi connectivity index (χ1v) is 5.31. The third-order valence-electron chi connectivity index (χ3n) is 2.13. The van der Waals surface area contributed by atoms with Crippen molar-refractivity contribution in [1.29, 1.82) is 0 Å². The highest BCUT2D eigenvalue weighted by Gasteiger charge is 2.03. The Balaban J connectivity index is 2.94. The molecule has 0 saturated carbocycles. The van der Waals surface area contributed by atoms with Gasteiger partial charge >= 0.3 is 0 Å². The summed E-state index contributed by atoms with van der Waals surface area (Å²) in [5, 5.41) is 0. The number of rotatable bonds is 3. The van der Waals surface area contributed by atoms with Crippen LogP contribution in [0, 0.1) is 12.8 Å². The van der Waals surface area contributed by atoms with Gasteiger partial charge in [0, 0.05) is 5.88 Å². The van der Waals surface area contributed by atoms with Crippen LogP contribution >= 0.6 is 11.6 Å². The zero-order chi connectivity index (χ0) is 9.84. The largest absolute Gasteiger partial charge is 0.122 e. The number of halogens is 1. The van der Waals surface area contributed by atoms with Gasteiger partial charge < -0.3 is 0 Å². The van der Waals surface area contributed by atoms with E-state index in [1.807, 2.05) is 0 Å². The van der Waals surface area contributed by atoms with Crippen molar-refractivity contribution in [3.63, 3.8) is 0 Å². The molecule has 0 aromatic heterocycles. The zero-order valence-corrected chi connectivity index (χ0v) is 9.36. The molecule has 0 nitrogen and oxygen atoms in total. The van der Waals surface area contributed by atoms with E-state index in [0.717, 1.165) is 6.42 Å². The highest BCUT2D eigenvalue weighted by molar-refractivity contribution is 6.17. The SMILES string of the molecule is Cc1ccc(CCl)c(CC(C)C)c1. The molecule has 72 valence electrons. The van der Waals surface area contributed by atoms with Crippen LogP contribution in [0.3, 0.4) is 0 Å². The maximum Gasteiger partial charge on any atom is 0.0476 e. The molecule has 0 aliphatic carbocycles. The third-order valence-corrected chi connectivity index (χ3v) is 2.42. The van der Waals surface area contributed by atoms with Gasteiger partial charge in [-0.1, -0.05) is 37.6 Å². The second-order valence-corrected chi connectivity index (χ2v) is 4.27. The predicted octanol–water partition coefficient (Wildman–Crippen LogP) is 3.93. The molecule has 0 fully saturated rings.